The molecule has 5 aromatic rings. The molecule has 2 amide bonds. The predicted molar refractivity (Wildman–Crippen MR) is 146 cm³/mol. The molecule has 0 radical (unpaired) electrons. The number of imidazole rings is 1. The van der Waals surface area contributed by atoms with Crippen LogP contribution in [0.4, 0.5) is 11.5 Å². The average Bonchev–Trinajstić information content (AvgIpc) is 3.74. The minimum absolute atomic E-state index is 0.00168. The summed E-state index contributed by atoms with van der Waals surface area (Å²) in [5.41, 5.74) is 5.19. The number of amides is 2. The third-order valence-electron chi connectivity index (χ3n) is 8.22. The lowest BCUT2D eigenvalue weighted by molar-refractivity contribution is -0.126. The molecular formula is C29H24N8O3. The number of hydrogen-bond acceptors (Lipinski definition) is 7. The lowest BCUT2D eigenvalue weighted by Gasteiger charge is -2.33. The molecule has 3 aliphatic heterocycles. The largest absolute Gasteiger partial charge is 0.493 e. The number of hydrogen-bond donors (Lipinski definition) is 2. The molecule has 8 rings (SSSR count). The molecule has 198 valence electrons. The molecule has 0 unspecified atom stereocenters. The van der Waals surface area contributed by atoms with E-state index in [0.29, 0.717) is 53.6 Å². The standard InChI is InChI=1S/C29H24N8O3/c1-16-23-26(37(35-16)27-24-25(31-14-30-24)32-15-33-27)34-22(38)13-29(23)19-4-2-3-5-20(19)36(28(29)39)10-8-17-6-7-21-18(12-17)9-11-40-21/h2-7,12,14-15H,8-11,13H2,1H3,(H,34,38)(H,30,31,32,33)/t29-/m1/s1. The molecule has 3 aromatic heterocycles. The number of anilines is 2. The number of H-pyrrole nitrogens is 1. The van der Waals surface area contributed by atoms with Gasteiger partial charge >= 0.3 is 0 Å². The van der Waals surface area contributed by atoms with Crippen molar-refractivity contribution >= 4 is 34.5 Å². The van der Waals surface area contributed by atoms with Gasteiger partial charge in [0, 0.05) is 30.6 Å². The first-order valence-corrected chi connectivity index (χ1v) is 13.2. The first-order chi connectivity index (χ1) is 19.5. The number of benzene rings is 2. The van der Waals surface area contributed by atoms with Gasteiger partial charge in [0.05, 0.1) is 18.6 Å². The summed E-state index contributed by atoms with van der Waals surface area (Å²) in [6.07, 6.45) is 4.52. The molecule has 11 nitrogen and oxygen atoms in total. The van der Waals surface area contributed by atoms with Crippen LogP contribution in [0, 0.1) is 6.92 Å². The van der Waals surface area contributed by atoms with E-state index in [1.807, 2.05) is 42.2 Å². The number of rotatable bonds is 4. The summed E-state index contributed by atoms with van der Waals surface area (Å²) in [5, 5.41) is 7.77. The zero-order chi connectivity index (χ0) is 27.0. The van der Waals surface area contributed by atoms with Gasteiger partial charge in [0.1, 0.15) is 28.8 Å². The Morgan fingerprint density at radius 3 is 2.92 bits per heavy atom. The Kier molecular flexibility index (Phi) is 4.70. The molecule has 2 aromatic carbocycles. The monoisotopic (exact) mass is 532 g/mol. The summed E-state index contributed by atoms with van der Waals surface area (Å²) in [4.78, 5) is 45.7. The molecular weight excluding hydrogens is 508 g/mol. The number of carbonyl (C=O) groups excluding carboxylic acids is 2. The average molecular weight is 533 g/mol. The van der Waals surface area contributed by atoms with E-state index in [4.69, 9.17) is 9.84 Å². The van der Waals surface area contributed by atoms with Crippen LogP contribution in [0.5, 0.6) is 5.75 Å². The van der Waals surface area contributed by atoms with Crippen LogP contribution < -0.4 is 15.0 Å². The van der Waals surface area contributed by atoms with Crippen LogP contribution in [0.25, 0.3) is 17.0 Å². The van der Waals surface area contributed by atoms with Crippen molar-refractivity contribution in [3.63, 3.8) is 0 Å². The van der Waals surface area contributed by atoms with Gasteiger partial charge in [-0.3, -0.25) is 9.59 Å². The summed E-state index contributed by atoms with van der Waals surface area (Å²) in [7, 11) is 0. The van der Waals surface area contributed by atoms with Crippen LogP contribution in [0.1, 0.15) is 34.4 Å². The molecule has 6 heterocycles. The second-order valence-corrected chi connectivity index (χ2v) is 10.4. The summed E-state index contributed by atoms with van der Waals surface area (Å²) >= 11 is 0. The number of nitrogens with one attached hydrogen (secondary N) is 2. The maximum absolute atomic E-state index is 14.6. The quantitative estimate of drug-likeness (QED) is 0.364. The predicted octanol–water partition coefficient (Wildman–Crippen LogP) is 3.00. The lowest BCUT2D eigenvalue weighted by Crippen LogP contribution is -2.47. The maximum Gasteiger partial charge on any atom is 0.242 e. The van der Waals surface area contributed by atoms with Gasteiger partial charge in [0.25, 0.3) is 0 Å². The fourth-order valence-electron chi connectivity index (χ4n) is 6.52. The molecule has 0 saturated heterocycles. The molecule has 1 atom stereocenters. The van der Waals surface area contributed by atoms with Crippen molar-refractivity contribution in [3.05, 3.63) is 83.1 Å². The van der Waals surface area contributed by atoms with Crippen molar-refractivity contribution < 1.29 is 14.3 Å². The van der Waals surface area contributed by atoms with E-state index in [1.54, 1.807) is 4.68 Å². The van der Waals surface area contributed by atoms with Crippen LogP contribution in [-0.4, -0.2) is 54.7 Å². The molecule has 11 heteroatoms. The second-order valence-electron chi connectivity index (χ2n) is 10.4. The highest BCUT2D eigenvalue weighted by Crippen LogP contribution is 2.53. The first-order valence-electron chi connectivity index (χ1n) is 13.2. The molecule has 2 N–H and O–H groups in total. The number of aromatic nitrogens is 6. The van der Waals surface area contributed by atoms with E-state index in [0.717, 1.165) is 29.0 Å². The van der Waals surface area contributed by atoms with Gasteiger partial charge in [-0.25, -0.2) is 15.0 Å². The summed E-state index contributed by atoms with van der Waals surface area (Å²) < 4.78 is 7.23. The molecule has 40 heavy (non-hydrogen) atoms. The summed E-state index contributed by atoms with van der Waals surface area (Å²) in [5.74, 6) is 1.44. The zero-order valence-electron chi connectivity index (χ0n) is 21.6. The third kappa shape index (κ3) is 3.05. The zero-order valence-corrected chi connectivity index (χ0v) is 21.6. The number of fused-ring (bicyclic) bond motifs is 6. The van der Waals surface area contributed by atoms with E-state index in [9.17, 15) is 9.59 Å². The van der Waals surface area contributed by atoms with E-state index >= 15 is 0 Å². The molecule has 3 aliphatic rings. The fourth-order valence-corrected chi connectivity index (χ4v) is 6.52. The van der Waals surface area contributed by atoms with Crippen molar-refractivity contribution in [2.75, 3.05) is 23.4 Å². The van der Waals surface area contributed by atoms with Crippen molar-refractivity contribution in [2.45, 2.75) is 31.6 Å². The topological polar surface area (TPSA) is 131 Å². The fraction of sp³-hybridized carbons (Fsp3) is 0.241. The van der Waals surface area contributed by atoms with E-state index < -0.39 is 5.41 Å². The van der Waals surface area contributed by atoms with Crippen molar-refractivity contribution in [2.24, 2.45) is 0 Å². The normalized spacial score (nSPS) is 19.1. The molecule has 0 bridgehead atoms. The smallest absolute Gasteiger partial charge is 0.242 e. The van der Waals surface area contributed by atoms with Gasteiger partial charge in [-0.1, -0.05) is 30.3 Å². The van der Waals surface area contributed by atoms with Crippen LogP contribution in [0.15, 0.2) is 55.1 Å². The highest BCUT2D eigenvalue weighted by molar-refractivity contribution is 6.16. The van der Waals surface area contributed by atoms with Gasteiger partial charge in [-0.2, -0.15) is 9.78 Å². The minimum atomic E-state index is -1.19. The van der Waals surface area contributed by atoms with Gasteiger partial charge in [0.15, 0.2) is 11.5 Å². The molecule has 0 fully saturated rings. The first kappa shape index (κ1) is 22.9. The van der Waals surface area contributed by atoms with Crippen LogP contribution in [0.3, 0.4) is 0 Å². The van der Waals surface area contributed by atoms with E-state index in [-0.39, 0.29) is 18.2 Å². The van der Waals surface area contributed by atoms with Gasteiger partial charge in [0.2, 0.25) is 11.8 Å². The Hall–Kier alpha value is -5.06. The van der Waals surface area contributed by atoms with E-state index in [1.165, 1.54) is 18.2 Å². The van der Waals surface area contributed by atoms with Crippen LogP contribution in [-0.2, 0) is 27.8 Å². The highest BCUT2D eigenvalue weighted by atomic mass is 16.5. The number of nitrogens with zero attached hydrogens (tertiary/aromatic N) is 6. The van der Waals surface area contributed by atoms with Crippen LogP contribution in [0.2, 0.25) is 0 Å². The van der Waals surface area contributed by atoms with Gasteiger partial charge in [-0.05, 0) is 42.2 Å². The van der Waals surface area contributed by atoms with Crippen molar-refractivity contribution in [1.82, 2.24) is 29.7 Å². The maximum atomic E-state index is 14.6. The Labute approximate surface area is 228 Å². The highest BCUT2D eigenvalue weighted by Gasteiger charge is 2.58. The number of carbonyl (C=O) groups is 2. The Morgan fingerprint density at radius 2 is 2.00 bits per heavy atom. The number of aromatic amines is 1. The SMILES string of the molecule is Cc1nn(-c2ncnc3nc[nH]c23)c2c1[C@]1(CC(=O)N2)C(=O)N(CCc2ccc3c(c2)CCO3)c2ccccc21. The van der Waals surface area contributed by atoms with Gasteiger partial charge < -0.3 is 19.9 Å². The third-order valence-corrected chi connectivity index (χ3v) is 8.22. The van der Waals surface area contributed by atoms with Crippen LogP contribution >= 0.6 is 0 Å². The van der Waals surface area contributed by atoms with Crippen molar-refractivity contribution in [1.29, 1.82) is 0 Å². The Balaban J connectivity index is 1.25. The Morgan fingerprint density at radius 1 is 1.10 bits per heavy atom. The van der Waals surface area contributed by atoms with E-state index in [2.05, 4.69) is 37.4 Å². The number of aryl methyl sites for hydroxylation is 1. The number of para-hydroxylation sites is 1. The second kappa shape index (κ2) is 8.22. The molecule has 0 aliphatic carbocycles. The lowest BCUT2D eigenvalue weighted by atomic mass is 9.70. The minimum Gasteiger partial charge on any atom is -0.493 e. The van der Waals surface area contributed by atoms with Crippen molar-refractivity contribution in [3.8, 4) is 11.6 Å². The summed E-state index contributed by atoms with van der Waals surface area (Å²) in [6.45, 7) is 3.06. The summed E-state index contributed by atoms with van der Waals surface area (Å²) in [6, 6.07) is 14.0. The molecule has 0 saturated carbocycles. The molecule has 1 spiro atoms. The number of ether oxygens (including phenoxy) is 1. The van der Waals surface area contributed by atoms with Gasteiger partial charge in [-0.15, -0.1) is 0 Å². The Bertz CT molecular complexity index is 1870.